The number of nitrogens with zero attached hydrogens (tertiary/aromatic N) is 4. The average Bonchev–Trinajstić information content (AvgIpc) is 4.34. The van der Waals surface area contributed by atoms with E-state index in [-0.39, 0.29) is 55.2 Å². The number of piperidine rings is 2. The van der Waals surface area contributed by atoms with Gasteiger partial charge >= 0.3 is 0 Å². The Labute approximate surface area is 466 Å². The molecular weight excluding hydrogens is 1010 g/mol. The number of halogens is 4. The van der Waals surface area contributed by atoms with Gasteiger partial charge in [-0.15, -0.1) is 13.2 Å². The minimum absolute atomic E-state index is 0. The number of likely N-dealkylation sites (tertiary alicyclic amines) is 2. The zero-order valence-corrected chi connectivity index (χ0v) is 46.1. The Morgan fingerprint density at radius 3 is 1.21 bits per heavy atom. The maximum Gasteiger partial charge on any atom is 0.229 e. The van der Waals surface area contributed by atoms with Crippen molar-refractivity contribution in [2.75, 3.05) is 0 Å². The predicted octanol–water partition coefficient (Wildman–Crippen LogP) is 18.7. The Kier molecular flexibility index (Phi) is 17.9. The number of hydrogen-bond donors (Lipinski definition) is 0. The van der Waals surface area contributed by atoms with Crippen LogP contribution in [0.1, 0.15) is 192 Å². The van der Waals surface area contributed by atoms with Gasteiger partial charge in [-0.2, -0.15) is 0 Å². The molecule has 8 atom stereocenters. The molecular formula is C65H72Cl4N4O2. The first-order chi connectivity index (χ1) is 35.7. The zero-order chi connectivity index (χ0) is 52.3. The number of carbonyl (C=O) groups excluding carboxylic acids is 2. The Hall–Kier alpha value is -5.24. The minimum atomic E-state index is -0.584. The molecule has 10 heteroatoms. The second-order valence-electron chi connectivity index (χ2n) is 21.6. The van der Waals surface area contributed by atoms with Gasteiger partial charge in [-0.3, -0.25) is 19.6 Å². The highest BCUT2D eigenvalue weighted by Gasteiger charge is 2.53. The van der Waals surface area contributed by atoms with Gasteiger partial charge in [0.25, 0.3) is 0 Å². The minimum Gasteiger partial charge on any atom is -0.326 e. The largest absolute Gasteiger partial charge is 0.326 e. The van der Waals surface area contributed by atoms with Crippen molar-refractivity contribution in [2.45, 2.75) is 147 Å². The second-order valence-corrected chi connectivity index (χ2v) is 23.4. The number of hydrogen-bond acceptors (Lipinski definition) is 4. The van der Waals surface area contributed by atoms with E-state index in [9.17, 15) is 9.59 Å². The van der Waals surface area contributed by atoms with E-state index >= 15 is 0 Å². The summed E-state index contributed by atoms with van der Waals surface area (Å²) in [4.78, 5) is 43.5. The number of pyridine rings is 2. The molecule has 4 fully saturated rings. The molecule has 2 amide bonds. The fourth-order valence-corrected chi connectivity index (χ4v) is 12.7. The van der Waals surface area contributed by atoms with Gasteiger partial charge in [0.2, 0.25) is 11.8 Å². The van der Waals surface area contributed by atoms with E-state index < -0.39 is 10.8 Å². The Morgan fingerprint density at radius 1 is 0.533 bits per heavy atom. The summed E-state index contributed by atoms with van der Waals surface area (Å²) in [5.74, 6) is 1.48. The first-order valence-electron chi connectivity index (χ1n) is 26.5. The molecule has 0 N–H and O–H groups in total. The smallest absolute Gasteiger partial charge is 0.229 e. The topological polar surface area (TPSA) is 66.4 Å². The highest BCUT2D eigenvalue weighted by atomic mass is 35.5. The molecule has 0 unspecified atom stereocenters. The summed E-state index contributed by atoms with van der Waals surface area (Å²) in [5.41, 5.74) is 7.45. The maximum atomic E-state index is 14.5. The van der Waals surface area contributed by atoms with Gasteiger partial charge in [0.1, 0.15) is 0 Å². The molecule has 4 heterocycles. The van der Waals surface area contributed by atoms with Crippen molar-refractivity contribution < 1.29 is 9.59 Å². The summed E-state index contributed by atoms with van der Waals surface area (Å²) in [5, 5.41) is 2.76. The van der Waals surface area contributed by atoms with Crippen molar-refractivity contribution in [1.29, 1.82) is 0 Å². The molecule has 6 aromatic rings. The van der Waals surface area contributed by atoms with Gasteiger partial charge in [-0.1, -0.05) is 154 Å². The van der Waals surface area contributed by atoms with E-state index in [0.29, 0.717) is 57.6 Å². The highest BCUT2D eigenvalue weighted by Crippen LogP contribution is 2.56. The van der Waals surface area contributed by atoms with Gasteiger partial charge in [0.15, 0.2) is 0 Å². The lowest BCUT2D eigenvalue weighted by molar-refractivity contribution is -0.155. The van der Waals surface area contributed by atoms with Crippen LogP contribution in [0.3, 0.4) is 0 Å². The summed E-state index contributed by atoms with van der Waals surface area (Å²) in [6.07, 6.45) is 12.7. The lowest BCUT2D eigenvalue weighted by atomic mass is 9.67. The third-order valence-corrected chi connectivity index (χ3v) is 17.0. The lowest BCUT2D eigenvalue weighted by Crippen LogP contribution is -2.53. The van der Waals surface area contributed by atoms with Crippen LogP contribution < -0.4 is 0 Å². The molecule has 0 bridgehead atoms. The zero-order valence-electron chi connectivity index (χ0n) is 43.1. The van der Waals surface area contributed by atoms with Crippen molar-refractivity contribution in [2.24, 2.45) is 10.8 Å². The second kappa shape index (κ2) is 24.0. The summed E-state index contributed by atoms with van der Waals surface area (Å²) in [6, 6.07) is 44.0. The fourth-order valence-electron chi connectivity index (χ4n) is 12.1. The molecule has 0 radical (unpaired) electrons. The molecule has 10 rings (SSSR count). The molecule has 2 aliphatic heterocycles. The van der Waals surface area contributed by atoms with Gasteiger partial charge in [0, 0.05) is 55.2 Å². The summed E-state index contributed by atoms with van der Waals surface area (Å²) >= 11 is 25.6. The van der Waals surface area contributed by atoms with Gasteiger partial charge in [0.05, 0.1) is 46.4 Å². The monoisotopic (exact) mass is 1080 g/mol. The Balaban J connectivity index is 0.000000197. The SMILES string of the molecule is C.C=CC[C@@]1(C)C[C@H](c2cccc(Cl)c2)[C@@H](c2ccc(Cl)cc2)N([C@@H](CC)c2cccc(C3CC3)n2)C1=O.C=CC[C@@]1(C)C[C@H](c2cccc(Cl)c2)[C@@H](c2ccc(Cl)cc2)N([C@H](CC)c2cccc(C3CC3)n2)C1=O. The number of amides is 2. The molecule has 2 aliphatic carbocycles. The van der Waals surface area contributed by atoms with Crippen LogP contribution in [0.25, 0.3) is 0 Å². The van der Waals surface area contributed by atoms with Gasteiger partial charge in [-0.05, 0) is 159 Å². The molecule has 392 valence electrons. The van der Waals surface area contributed by atoms with Crippen molar-refractivity contribution in [3.8, 4) is 0 Å². The van der Waals surface area contributed by atoms with Crippen molar-refractivity contribution in [3.63, 3.8) is 0 Å². The van der Waals surface area contributed by atoms with Crippen molar-refractivity contribution >= 4 is 58.2 Å². The molecule has 0 spiro atoms. The van der Waals surface area contributed by atoms with Gasteiger partial charge < -0.3 is 9.80 Å². The average molecular weight is 1080 g/mol. The lowest BCUT2D eigenvalue weighted by Gasteiger charge is -2.52. The summed E-state index contributed by atoms with van der Waals surface area (Å²) in [7, 11) is 0. The number of aromatic nitrogens is 2. The number of benzene rings is 4. The van der Waals surface area contributed by atoms with Crippen LogP contribution in [0.4, 0.5) is 0 Å². The third-order valence-electron chi connectivity index (χ3n) is 16.1. The van der Waals surface area contributed by atoms with Gasteiger partial charge in [-0.25, -0.2) is 0 Å². The quantitative estimate of drug-likeness (QED) is 0.0906. The number of allylic oxidation sites excluding steroid dienone is 2. The third kappa shape index (κ3) is 12.2. The van der Waals surface area contributed by atoms with Crippen LogP contribution in [0.2, 0.25) is 20.1 Å². The predicted molar refractivity (Wildman–Crippen MR) is 311 cm³/mol. The molecule has 2 aromatic heterocycles. The molecule has 6 nitrogen and oxygen atoms in total. The van der Waals surface area contributed by atoms with E-state index in [4.69, 9.17) is 56.4 Å². The number of rotatable bonds is 16. The van der Waals surface area contributed by atoms with Crippen molar-refractivity contribution in [3.05, 3.63) is 224 Å². The molecule has 4 aliphatic rings. The standard InChI is InChI=1S/2C32H34Cl2N2O.CH4/c2*1-4-18-32(3)20-26(23-8-6-9-25(34)19-23)30(22-14-16-24(33)17-15-22)36(31(32)37)29(5-2)28-11-7-10-27(35-28)21-12-13-21;/h2*4,6-11,14-17,19,21,26,29-30H,1,5,12-13,18,20H2,2-3H3;1H4/t26-,29+,30-,32+;26-,29-,30-,32+;/m11./s1. The van der Waals surface area contributed by atoms with E-state index in [1.807, 2.05) is 72.8 Å². The highest BCUT2D eigenvalue weighted by molar-refractivity contribution is 6.31. The van der Waals surface area contributed by atoms with Crippen LogP contribution in [-0.2, 0) is 9.59 Å². The van der Waals surface area contributed by atoms with E-state index in [1.165, 1.54) is 25.7 Å². The molecule has 75 heavy (non-hydrogen) atoms. The first kappa shape index (κ1) is 56.0. The van der Waals surface area contributed by atoms with E-state index in [0.717, 1.165) is 57.9 Å². The van der Waals surface area contributed by atoms with Crippen LogP contribution in [0.5, 0.6) is 0 Å². The fraction of sp³-hybridized carbons (Fsp3) is 0.385. The van der Waals surface area contributed by atoms with Crippen LogP contribution in [0, 0.1) is 10.8 Å². The van der Waals surface area contributed by atoms with Crippen LogP contribution >= 0.6 is 46.4 Å². The van der Waals surface area contributed by atoms with Crippen molar-refractivity contribution in [1.82, 2.24) is 19.8 Å². The summed E-state index contributed by atoms with van der Waals surface area (Å²) < 4.78 is 0. The van der Waals surface area contributed by atoms with Crippen LogP contribution in [-0.4, -0.2) is 31.6 Å². The maximum absolute atomic E-state index is 14.5. The normalized spacial score (nSPS) is 24.3. The van der Waals surface area contributed by atoms with Crippen LogP contribution in [0.15, 0.2) is 159 Å². The molecule has 2 saturated carbocycles. The van der Waals surface area contributed by atoms with E-state index in [2.05, 4.69) is 123 Å². The Morgan fingerprint density at radius 2 is 0.893 bits per heavy atom. The number of carbonyl (C=O) groups is 2. The first-order valence-corrected chi connectivity index (χ1v) is 28.0. The summed E-state index contributed by atoms with van der Waals surface area (Å²) in [6.45, 7) is 16.5. The molecule has 4 aromatic carbocycles. The van der Waals surface area contributed by atoms with E-state index in [1.54, 1.807) is 0 Å². The molecule has 2 saturated heterocycles. The Bertz CT molecular complexity index is 2770.